The van der Waals surface area contributed by atoms with E-state index in [9.17, 15) is 18.5 Å². The molecule has 1 aromatic rings. The highest BCUT2D eigenvalue weighted by Gasteiger charge is 2.25. The SMILES string of the molecule is N#CCN1CCC(Nc2ccc(S(N)(=O)=O)cc2[N+](=O)[O-])C1. The third-order valence-corrected chi connectivity index (χ3v) is 4.33. The lowest BCUT2D eigenvalue weighted by atomic mass is 10.2. The summed E-state index contributed by atoms with van der Waals surface area (Å²) in [5, 5.41) is 27.8. The fourth-order valence-corrected chi connectivity index (χ4v) is 2.91. The molecule has 1 atom stereocenters. The van der Waals surface area contributed by atoms with E-state index in [1.807, 2.05) is 4.90 Å². The Morgan fingerprint density at radius 3 is 2.86 bits per heavy atom. The molecule has 0 aromatic heterocycles. The van der Waals surface area contributed by atoms with Crippen molar-refractivity contribution in [3.63, 3.8) is 0 Å². The number of sulfonamides is 1. The average molecular weight is 325 g/mol. The summed E-state index contributed by atoms with van der Waals surface area (Å²) >= 11 is 0. The Balaban J connectivity index is 2.21. The van der Waals surface area contributed by atoms with E-state index >= 15 is 0 Å². The van der Waals surface area contributed by atoms with Crippen LogP contribution in [0.4, 0.5) is 11.4 Å². The molecule has 0 spiro atoms. The summed E-state index contributed by atoms with van der Waals surface area (Å²) in [6.07, 6.45) is 0.746. The van der Waals surface area contributed by atoms with Gasteiger partial charge in [0.15, 0.2) is 0 Å². The number of hydrogen-bond donors (Lipinski definition) is 2. The first-order chi connectivity index (χ1) is 10.3. The predicted molar refractivity (Wildman–Crippen MR) is 78.6 cm³/mol. The first kappa shape index (κ1) is 16.2. The molecule has 118 valence electrons. The fraction of sp³-hybridized carbons (Fsp3) is 0.417. The zero-order chi connectivity index (χ0) is 16.3. The van der Waals surface area contributed by atoms with E-state index in [0.717, 1.165) is 19.0 Å². The average Bonchev–Trinajstić information content (AvgIpc) is 2.85. The van der Waals surface area contributed by atoms with Crippen LogP contribution in [0.1, 0.15) is 6.42 Å². The standard InChI is InChI=1S/C12H15N5O4S/c13-4-6-16-5-3-9(8-16)15-11-2-1-10(22(14,20)21)7-12(11)17(18)19/h1-2,7,9,15H,3,5-6,8H2,(H2,14,20,21). The topological polar surface area (TPSA) is 142 Å². The monoisotopic (exact) mass is 325 g/mol. The van der Waals surface area contributed by atoms with E-state index in [-0.39, 0.29) is 22.3 Å². The van der Waals surface area contributed by atoms with Crippen LogP contribution in [0.15, 0.2) is 23.1 Å². The maximum absolute atomic E-state index is 11.3. The second-order valence-corrected chi connectivity index (χ2v) is 6.57. The fourth-order valence-electron chi connectivity index (χ4n) is 2.38. The van der Waals surface area contributed by atoms with E-state index < -0.39 is 14.9 Å². The third kappa shape index (κ3) is 3.70. The maximum atomic E-state index is 11.3. The number of primary sulfonamides is 1. The quantitative estimate of drug-likeness (QED) is 0.449. The van der Waals surface area contributed by atoms with E-state index in [0.29, 0.717) is 13.1 Å². The molecule has 2 rings (SSSR count). The van der Waals surface area contributed by atoms with Crippen LogP contribution in [-0.4, -0.2) is 43.9 Å². The minimum absolute atomic E-state index is 0.0348. The van der Waals surface area contributed by atoms with Crippen molar-refractivity contribution in [2.45, 2.75) is 17.4 Å². The summed E-state index contributed by atoms with van der Waals surface area (Å²) in [6, 6.07) is 5.53. The van der Waals surface area contributed by atoms with Gasteiger partial charge in [-0.15, -0.1) is 0 Å². The summed E-state index contributed by atoms with van der Waals surface area (Å²) in [7, 11) is -4.00. The summed E-state index contributed by atoms with van der Waals surface area (Å²) in [4.78, 5) is 12.1. The lowest BCUT2D eigenvalue weighted by Crippen LogP contribution is -2.26. The lowest BCUT2D eigenvalue weighted by Gasteiger charge is -2.15. The number of benzene rings is 1. The predicted octanol–water partition coefficient (Wildman–Crippen LogP) is 0.252. The zero-order valence-corrected chi connectivity index (χ0v) is 12.4. The Morgan fingerprint density at radius 2 is 2.27 bits per heavy atom. The van der Waals surface area contributed by atoms with Crippen LogP contribution in [0.5, 0.6) is 0 Å². The van der Waals surface area contributed by atoms with Crippen LogP contribution in [0.25, 0.3) is 0 Å². The molecule has 9 nitrogen and oxygen atoms in total. The molecule has 0 saturated carbocycles. The third-order valence-electron chi connectivity index (χ3n) is 3.42. The smallest absolute Gasteiger partial charge is 0.293 e. The van der Waals surface area contributed by atoms with Gasteiger partial charge in [-0.2, -0.15) is 5.26 Å². The molecule has 1 saturated heterocycles. The molecular formula is C12H15N5O4S. The molecule has 0 radical (unpaired) electrons. The zero-order valence-electron chi connectivity index (χ0n) is 11.6. The Labute approximate surface area is 127 Å². The van der Waals surface area contributed by atoms with Crippen LogP contribution in [0.3, 0.4) is 0 Å². The van der Waals surface area contributed by atoms with Crippen LogP contribution in [-0.2, 0) is 10.0 Å². The Kier molecular flexibility index (Phi) is 4.60. The summed E-state index contributed by atoms with van der Waals surface area (Å²) < 4.78 is 22.6. The van der Waals surface area contributed by atoms with Gasteiger partial charge in [0.2, 0.25) is 10.0 Å². The van der Waals surface area contributed by atoms with Gasteiger partial charge in [-0.3, -0.25) is 15.0 Å². The van der Waals surface area contributed by atoms with Crippen molar-refractivity contribution < 1.29 is 13.3 Å². The number of nitrogens with one attached hydrogen (secondary N) is 1. The molecule has 1 fully saturated rings. The normalized spacial score (nSPS) is 18.8. The minimum Gasteiger partial charge on any atom is -0.375 e. The van der Waals surface area contributed by atoms with Gasteiger partial charge in [0.1, 0.15) is 5.69 Å². The lowest BCUT2D eigenvalue weighted by molar-refractivity contribution is -0.384. The molecule has 1 aliphatic heterocycles. The summed E-state index contributed by atoms with van der Waals surface area (Å²) in [5.41, 5.74) is -0.105. The first-order valence-electron chi connectivity index (χ1n) is 6.48. The van der Waals surface area contributed by atoms with Crippen LogP contribution in [0, 0.1) is 21.4 Å². The molecule has 0 bridgehead atoms. The van der Waals surface area contributed by atoms with Gasteiger partial charge in [0.05, 0.1) is 22.4 Å². The van der Waals surface area contributed by atoms with Crippen molar-refractivity contribution >= 4 is 21.4 Å². The highest BCUT2D eigenvalue weighted by molar-refractivity contribution is 7.89. The Morgan fingerprint density at radius 1 is 1.55 bits per heavy atom. The molecule has 22 heavy (non-hydrogen) atoms. The maximum Gasteiger partial charge on any atom is 0.293 e. The Hall–Kier alpha value is -2.22. The molecule has 1 aromatic carbocycles. The van der Waals surface area contributed by atoms with E-state index in [1.165, 1.54) is 12.1 Å². The van der Waals surface area contributed by atoms with Gasteiger partial charge >= 0.3 is 0 Å². The summed E-state index contributed by atoms with van der Waals surface area (Å²) in [5.74, 6) is 0. The van der Waals surface area contributed by atoms with E-state index in [2.05, 4.69) is 11.4 Å². The number of anilines is 1. The molecular weight excluding hydrogens is 310 g/mol. The van der Waals surface area contributed by atoms with Crippen LogP contribution in [0.2, 0.25) is 0 Å². The summed E-state index contributed by atoms with van der Waals surface area (Å²) in [6.45, 7) is 1.64. The van der Waals surface area contributed by atoms with Crippen molar-refractivity contribution in [3.05, 3.63) is 28.3 Å². The van der Waals surface area contributed by atoms with Crippen molar-refractivity contribution in [1.82, 2.24) is 4.90 Å². The molecule has 1 heterocycles. The van der Waals surface area contributed by atoms with Crippen molar-refractivity contribution in [2.24, 2.45) is 5.14 Å². The molecule has 1 unspecified atom stereocenters. The second kappa shape index (κ2) is 6.27. The number of rotatable bonds is 5. The van der Waals surface area contributed by atoms with E-state index in [4.69, 9.17) is 10.4 Å². The van der Waals surface area contributed by atoms with Gasteiger partial charge in [-0.05, 0) is 18.6 Å². The first-order valence-corrected chi connectivity index (χ1v) is 8.03. The van der Waals surface area contributed by atoms with E-state index in [1.54, 1.807) is 0 Å². The van der Waals surface area contributed by atoms with Crippen molar-refractivity contribution in [2.75, 3.05) is 25.0 Å². The number of nitro benzene ring substituents is 1. The number of nitrogens with two attached hydrogens (primary N) is 1. The molecule has 10 heteroatoms. The number of hydrogen-bond acceptors (Lipinski definition) is 7. The van der Waals surface area contributed by atoms with Gasteiger partial charge in [0.25, 0.3) is 5.69 Å². The number of nitriles is 1. The van der Waals surface area contributed by atoms with Crippen LogP contribution >= 0.6 is 0 Å². The molecule has 0 amide bonds. The second-order valence-electron chi connectivity index (χ2n) is 5.00. The number of nitrogens with zero attached hydrogens (tertiary/aromatic N) is 3. The number of nitro groups is 1. The molecule has 0 aliphatic carbocycles. The van der Waals surface area contributed by atoms with Gasteiger partial charge in [0, 0.05) is 25.2 Å². The molecule has 3 N–H and O–H groups in total. The van der Waals surface area contributed by atoms with Crippen molar-refractivity contribution in [1.29, 1.82) is 5.26 Å². The van der Waals surface area contributed by atoms with Crippen molar-refractivity contribution in [3.8, 4) is 6.07 Å². The molecule has 1 aliphatic rings. The Bertz CT molecular complexity index is 728. The minimum atomic E-state index is -4.00. The largest absolute Gasteiger partial charge is 0.375 e. The highest BCUT2D eigenvalue weighted by Crippen LogP contribution is 2.29. The van der Waals surface area contributed by atoms with Crippen LogP contribution < -0.4 is 10.5 Å². The highest BCUT2D eigenvalue weighted by atomic mass is 32.2. The van der Waals surface area contributed by atoms with Gasteiger partial charge < -0.3 is 5.32 Å². The van der Waals surface area contributed by atoms with Gasteiger partial charge in [-0.1, -0.05) is 0 Å². The van der Waals surface area contributed by atoms with Gasteiger partial charge in [-0.25, -0.2) is 13.6 Å². The number of likely N-dealkylation sites (tertiary alicyclic amines) is 1.